The van der Waals surface area contributed by atoms with E-state index < -0.39 is 0 Å². The quantitative estimate of drug-likeness (QED) is 0.737. The van der Waals surface area contributed by atoms with Crippen molar-refractivity contribution >= 4 is 21.7 Å². The average molecular weight is 314 g/mol. The summed E-state index contributed by atoms with van der Waals surface area (Å²) >= 11 is 3.46. The van der Waals surface area contributed by atoms with E-state index in [9.17, 15) is 0 Å². The Bertz CT molecular complexity index is 355. The molecule has 0 aliphatic heterocycles. The SMILES string of the molecule is CCC(CC)N(CC(C)C)c1cc(Br)nc(C)n1. The lowest BCUT2D eigenvalue weighted by atomic mass is 10.1. The average Bonchev–Trinajstić information content (AvgIpc) is 2.27. The summed E-state index contributed by atoms with van der Waals surface area (Å²) in [6.07, 6.45) is 2.29. The van der Waals surface area contributed by atoms with Crippen LogP contribution in [0.2, 0.25) is 0 Å². The van der Waals surface area contributed by atoms with Crippen molar-refractivity contribution < 1.29 is 0 Å². The van der Waals surface area contributed by atoms with Gasteiger partial charge in [-0.15, -0.1) is 0 Å². The van der Waals surface area contributed by atoms with Gasteiger partial charge in [0.2, 0.25) is 0 Å². The van der Waals surface area contributed by atoms with Crippen LogP contribution >= 0.6 is 15.9 Å². The Kier molecular flexibility index (Phi) is 6.06. The number of halogens is 1. The van der Waals surface area contributed by atoms with Crippen molar-refractivity contribution in [3.8, 4) is 0 Å². The van der Waals surface area contributed by atoms with Crippen molar-refractivity contribution in [2.24, 2.45) is 5.92 Å². The number of rotatable bonds is 6. The third-order valence-electron chi connectivity index (χ3n) is 3.03. The first-order valence-corrected chi connectivity index (χ1v) is 7.55. The second kappa shape index (κ2) is 7.07. The fourth-order valence-corrected chi connectivity index (χ4v) is 2.68. The molecule has 0 aliphatic carbocycles. The number of aromatic nitrogens is 2. The molecule has 0 aliphatic rings. The molecule has 0 aromatic carbocycles. The monoisotopic (exact) mass is 313 g/mol. The topological polar surface area (TPSA) is 29.0 Å². The van der Waals surface area contributed by atoms with Crippen molar-refractivity contribution in [3.05, 3.63) is 16.5 Å². The van der Waals surface area contributed by atoms with E-state index in [0.717, 1.165) is 35.6 Å². The van der Waals surface area contributed by atoms with Gasteiger partial charge in [-0.2, -0.15) is 0 Å². The van der Waals surface area contributed by atoms with Gasteiger partial charge in [-0.25, -0.2) is 9.97 Å². The van der Waals surface area contributed by atoms with Crippen molar-refractivity contribution in [1.82, 2.24) is 9.97 Å². The Morgan fingerprint density at radius 3 is 2.28 bits per heavy atom. The predicted molar refractivity (Wildman–Crippen MR) is 81.0 cm³/mol. The molecule has 1 aromatic rings. The van der Waals surface area contributed by atoms with Gasteiger partial charge in [0, 0.05) is 18.7 Å². The zero-order valence-corrected chi connectivity index (χ0v) is 13.7. The van der Waals surface area contributed by atoms with E-state index in [1.807, 2.05) is 13.0 Å². The first kappa shape index (κ1) is 15.4. The first-order valence-electron chi connectivity index (χ1n) is 6.75. The molecule has 0 N–H and O–H groups in total. The highest BCUT2D eigenvalue weighted by Crippen LogP contribution is 2.22. The fraction of sp³-hybridized carbons (Fsp3) is 0.714. The summed E-state index contributed by atoms with van der Waals surface area (Å²) in [6.45, 7) is 12.0. The normalized spacial score (nSPS) is 11.3. The van der Waals surface area contributed by atoms with Crippen LogP contribution in [0.1, 0.15) is 46.4 Å². The van der Waals surface area contributed by atoms with Crippen LogP contribution in [0.3, 0.4) is 0 Å². The number of hydrogen-bond donors (Lipinski definition) is 0. The number of hydrogen-bond acceptors (Lipinski definition) is 3. The molecular weight excluding hydrogens is 290 g/mol. The van der Waals surface area contributed by atoms with Crippen molar-refractivity contribution in [1.29, 1.82) is 0 Å². The largest absolute Gasteiger partial charge is 0.353 e. The maximum atomic E-state index is 4.59. The number of anilines is 1. The highest BCUT2D eigenvalue weighted by molar-refractivity contribution is 9.10. The van der Waals surface area contributed by atoms with Gasteiger partial charge in [0.1, 0.15) is 16.2 Å². The summed E-state index contributed by atoms with van der Waals surface area (Å²) in [5, 5.41) is 0. The number of nitrogens with zero attached hydrogens (tertiary/aromatic N) is 3. The molecule has 0 bridgehead atoms. The van der Waals surface area contributed by atoms with Crippen molar-refractivity contribution in [2.45, 2.75) is 53.5 Å². The first-order chi connectivity index (χ1) is 8.47. The maximum absolute atomic E-state index is 4.59. The molecule has 1 aromatic heterocycles. The molecule has 0 saturated carbocycles. The highest BCUT2D eigenvalue weighted by atomic mass is 79.9. The van der Waals surface area contributed by atoms with Crippen LogP contribution in [0.4, 0.5) is 5.82 Å². The van der Waals surface area contributed by atoms with Crippen molar-refractivity contribution in [3.63, 3.8) is 0 Å². The van der Waals surface area contributed by atoms with Crippen LogP contribution < -0.4 is 4.90 Å². The second-order valence-electron chi connectivity index (χ2n) is 5.11. The Hall–Kier alpha value is -0.640. The molecule has 0 fully saturated rings. The molecule has 102 valence electrons. The summed E-state index contributed by atoms with van der Waals surface area (Å²) < 4.78 is 0.865. The van der Waals surface area contributed by atoms with Crippen LogP contribution in [0.5, 0.6) is 0 Å². The zero-order valence-electron chi connectivity index (χ0n) is 12.1. The molecule has 0 spiro atoms. The molecule has 0 unspecified atom stereocenters. The van der Waals surface area contributed by atoms with E-state index >= 15 is 0 Å². The Labute approximate surface area is 119 Å². The van der Waals surface area contributed by atoms with Gasteiger partial charge in [-0.3, -0.25) is 0 Å². The lowest BCUT2D eigenvalue weighted by Gasteiger charge is -2.33. The van der Waals surface area contributed by atoms with Crippen molar-refractivity contribution in [2.75, 3.05) is 11.4 Å². The lowest BCUT2D eigenvalue weighted by Crippen LogP contribution is -2.38. The minimum Gasteiger partial charge on any atom is -0.353 e. The third kappa shape index (κ3) is 4.23. The Morgan fingerprint density at radius 2 is 1.83 bits per heavy atom. The smallest absolute Gasteiger partial charge is 0.133 e. The highest BCUT2D eigenvalue weighted by Gasteiger charge is 2.18. The molecule has 3 nitrogen and oxygen atoms in total. The van der Waals surface area contributed by atoms with E-state index in [-0.39, 0.29) is 0 Å². The number of aryl methyl sites for hydroxylation is 1. The standard InChI is InChI=1S/C14H24BrN3/c1-6-12(7-2)18(9-10(3)4)14-8-13(15)16-11(5)17-14/h8,10,12H,6-7,9H2,1-5H3. The van der Waals surface area contributed by atoms with Gasteiger partial charge in [-0.1, -0.05) is 27.7 Å². The Morgan fingerprint density at radius 1 is 1.22 bits per heavy atom. The summed E-state index contributed by atoms with van der Waals surface area (Å²) in [6, 6.07) is 2.57. The van der Waals surface area contributed by atoms with Crippen LogP contribution in [-0.4, -0.2) is 22.6 Å². The minimum atomic E-state index is 0.550. The zero-order chi connectivity index (χ0) is 13.7. The lowest BCUT2D eigenvalue weighted by molar-refractivity contribution is 0.502. The minimum absolute atomic E-state index is 0.550. The molecule has 1 rings (SSSR count). The van der Waals surface area contributed by atoms with Crippen LogP contribution in [0.25, 0.3) is 0 Å². The molecule has 1 heterocycles. The predicted octanol–water partition coefficient (Wildman–Crippen LogP) is 4.20. The van der Waals surface area contributed by atoms with E-state index in [4.69, 9.17) is 0 Å². The fourth-order valence-electron chi connectivity index (χ4n) is 2.22. The van der Waals surface area contributed by atoms with Crippen LogP contribution in [0.15, 0.2) is 10.7 Å². The molecule has 0 radical (unpaired) electrons. The second-order valence-corrected chi connectivity index (χ2v) is 5.93. The summed E-state index contributed by atoms with van der Waals surface area (Å²) in [7, 11) is 0. The van der Waals surface area contributed by atoms with Gasteiger partial charge in [0.05, 0.1) is 0 Å². The Balaban J connectivity index is 3.07. The molecule has 18 heavy (non-hydrogen) atoms. The van der Waals surface area contributed by atoms with E-state index in [0.29, 0.717) is 12.0 Å². The molecule has 0 atom stereocenters. The third-order valence-corrected chi connectivity index (χ3v) is 3.44. The molecule has 4 heteroatoms. The van der Waals surface area contributed by atoms with Gasteiger partial charge in [-0.05, 0) is 41.6 Å². The van der Waals surface area contributed by atoms with Gasteiger partial charge < -0.3 is 4.90 Å². The van der Waals surface area contributed by atoms with Gasteiger partial charge in [0.15, 0.2) is 0 Å². The summed E-state index contributed by atoms with van der Waals surface area (Å²) in [5.41, 5.74) is 0. The van der Waals surface area contributed by atoms with Gasteiger partial charge >= 0.3 is 0 Å². The van der Waals surface area contributed by atoms with Gasteiger partial charge in [0.25, 0.3) is 0 Å². The molecular formula is C14H24BrN3. The summed E-state index contributed by atoms with van der Waals surface area (Å²) in [4.78, 5) is 11.3. The van der Waals surface area contributed by atoms with E-state index in [1.165, 1.54) is 0 Å². The molecule has 0 saturated heterocycles. The summed E-state index contributed by atoms with van der Waals surface area (Å²) in [5.74, 6) is 2.48. The van der Waals surface area contributed by atoms with E-state index in [1.54, 1.807) is 0 Å². The van der Waals surface area contributed by atoms with E-state index in [2.05, 4.69) is 58.5 Å². The molecule has 0 amide bonds. The van der Waals surface area contributed by atoms with Crippen LogP contribution in [-0.2, 0) is 0 Å². The van der Waals surface area contributed by atoms with Crippen LogP contribution in [0, 0.1) is 12.8 Å². The maximum Gasteiger partial charge on any atom is 0.133 e.